The van der Waals surface area contributed by atoms with Crippen LogP contribution >= 0.6 is 0 Å². The number of benzene rings is 1. The van der Waals surface area contributed by atoms with E-state index in [0.29, 0.717) is 0 Å². The summed E-state index contributed by atoms with van der Waals surface area (Å²) in [4.78, 5) is 14.6. The molecule has 1 amide bonds. The minimum atomic E-state index is -0.316. The van der Waals surface area contributed by atoms with Gasteiger partial charge < -0.3 is 4.90 Å². The van der Waals surface area contributed by atoms with Gasteiger partial charge in [-0.3, -0.25) is 4.79 Å². The van der Waals surface area contributed by atoms with Crippen LogP contribution in [0.3, 0.4) is 0 Å². The standard InChI is InChI=1S/C16H23NO/c1-15(2,3)14(18)17-11-10-12-8-6-7-9-13(12)16(17,4)5/h6-9H,10-11H2,1-5H3. The van der Waals surface area contributed by atoms with Gasteiger partial charge in [0.15, 0.2) is 0 Å². The third-order valence-electron chi connectivity index (χ3n) is 3.84. The topological polar surface area (TPSA) is 20.3 Å². The fourth-order valence-electron chi connectivity index (χ4n) is 2.75. The molecule has 0 unspecified atom stereocenters. The Morgan fingerprint density at radius 2 is 1.83 bits per heavy atom. The Labute approximate surface area is 110 Å². The van der Waals surface area contributed by atoms with Gasteiger partial charge in [-0.05, 0) is 31.4 Å². The van der Waals surface area contributed by atoms with E-state index in [1.165, 1.54) is 11.1 Å². The van der Waals surface area contributed by atoms with Crippen molar-refractivity contribution in [3.63, 3.8) is 0 Å². The summed E-state index contributed by atoms with van der Waals surface area (Å²) < 4.78 is 0. The molecule has 1 aromatic rings. The monoisotopic (exact) mass is 245 g/mol. The Morgan fingerprint density at radius 3 is 2.44 bits per heavy atom. The van der Waals surface area contributed by atoms with E-state index in [4.69, 9.17) is 0 Å². The van der Waals surface area contributed by atoms with Gasteiger partial charge in [0.25, 0.3) is 0 Å². The first-order valence-corrected chi connectivity index (χ1v) is 6.65. The fourth-order valence-corrected chi connectivity index (χ4v) is 2.75. The highest BCUT2D eigenvalue weighted by Gasteiger charge is 2.40. The Kier molecular flexibility index (Phi) is 3.00. The van der Waals surface area contributed by atoms with Gasteiger partial charge in [-0.1, -0.05) is 45.0 Å². The summed E-state index contributed by atoms with van der Waals surface area (Å²) in [5.74, 6) is 0.238. The second-order valence-corrected chi connectivity index (χ2v) is 6.67. The van der Waals surface area contributed by atoms with Crippen molar-refractivity contribution in [2.24, 2.45) is 5.41 Å². The van der Waals surface area contributed by atoms with E-state index in [0.717, 1.165) is 13.0 Å². The third kappa shape index (κ3) is 2.05. The van der Waals surface area contributed by atoms with Gasteiger partial charge in [-0.15, -0.1) is 0 Å². The molecule has 0 aromatic heterocycles. The molecule has 18 heavy (non-hydrogen) atoms. The normalized spacial score (nSPS) is 18.4. The van der Waals surface area contributed by atoms with Gasteiger partial charge in [-0.2, -0.15) is 0 Å². The smallest absolute Gasteiger partial charge is 0.228 e. The lowest BCUT2D eigenvalue weighted by Crippen LogP contribution is -2.53. The molecule has 1 aliphatic heterocycles. The van der Waals surface area contributed by atoms with Crippen LogP contribution in [0.25, 0.3) is 0 Å². The highest BCUT2D eigenvalue weighted by Crippen LogP contribution is 2.37. The van der Waals surface area contributed by atoms with Gasteiger partial charge in [0.1, 0.15) is 0 Å². The fraction of sp³-hybridized carbons (Fsp3) is 0.562. The van der Waals surface area contributed by atoms with Crippen LogP contribution in [0.15, 0.2) is 24.3 Å². The molecule has 0 radical (unpaired) electrons. The SMILES string of the molecule is CC(C)(C)C(=O)N1CCc2ccccc2C1(C)C. The molecule has 0 atom stereocenters. The Morgan fingerprint density at radius 1 is 1.22 bits per heavy atom. The van der Waals surface area contributed by atoms with E-state index in [2.05, 4.69) is 38.1 Å². The van der Waals surface area contributed by atoms with Crippen molar-refractivity contribution in [3.8, 4) is 0 Å². The lowest BCUT2D eigenvalue weighted by Gasteiger charge is -2.46. The molecular formula is C16H23NO. The maximum Gasteiger partial charge on any atom is 0.228 e. The molecule has 0 spiro atoms. The first-order valence-electron chi connectivity index (χ1n) is 6.65. The lowest BCUT2D eigenvalue weighted by molar-refractivity contribution is -0.146. The Balaban J connectivity index is 2.42. The zero-order valence-corrected chi connectivity index (χ0v) is 12.1. The highest BCUT2D eigenvalue weighted by molar-refractivity contribution is 5.82. The molecule has 0 aliphatic carbocycles. The van der Waals surface area contributed by atoms with Crippen molar-refractivity contribution in [1.82, 2.24) is 4.90 Å². The molecule has 0 fully saturated rings. The van der Waals surface area contributed by atoms with Crippen LogP contribution in [-0.4, -0.2) is 17.4 Å². The molecule has 0 bridgehead atoms. The molecule has 2 rings (SSSR count). The zero-order chi connectivity index (χ0) is 13.6. The van der Waals surface area contributed by atoms with Crippen LogP contribution in [-0.2, 0) is 16.8 Å². The van der Waals surface area contributed by atoms with Gasteiger partial charge >= 0.3 is 0 Å². The van der Waals surface area contributed by atoms with E-state index >= 15 is 0 Å². The van der Waals surface area contributed by atoms with Crippen molar-refractivity contribution in [1.29, 1.82) is 0 Å². The Bertz CT molecular complexity index is 468. The van der Waals surface area contributed by atoms with Crippen molar-refractivity contribution < 1.29 is 4.79 Å². The predicted octanol–water partition coefficient (Wildman–Crippen LogP) is 3.35. The largest absolute Gasteiger partial charge is 0.333 e. The average Bonchev–Trinajstić information content (AvgIpc) is 2.27. The molecule has 1 aromatic carbocycles. The maximum atomic E-state index is 12.6. The van der Waals surface area contributed by atoms with Crippen molar-refractivity contribution in [3.05, 3.63) is 35.4 Å². The first-order chi connectivity index (χ1) is 8.24. The van der Waals surface area contributed by atoms with E-state index in [-0.39, 0.29) is 16.9 Å². The van der Waals surface area contributed by atoms with Gasteiger partial charge in [0, 0.05) is 12.0 Å². The van der Waals surface area contributed by atoms with E-state index in [1.807, 2.05) is 25.7 Å². The molecule has 0 saturated carbocycles. The second-order valence-electron chi connectivity index (χ2n) is 6.67. The average molecular weight is 245 g/mol. The summed E-state index contributed by atoms with van der Waals surface area (Å²) in [5.41, 5.74) is 2.14. The van der Waals surface area contributed by atoms with E-state index in [9.17, 15) is 4.79 Å². The maximum absolute atomic E-state index is 12.6. The summed E-state index contributed by atoms with van der Waals surface area (Å²) in [6.45, 7) is 11.1. The van der Waals surface area contributed by atoms with Crippen LogP contribution in [0.4, 0.5) is 0 Å². The number of carbonyl (C=O) groups excluding carboxylic acids is 1. The van der Waals surface area contributed by atoms with Gasteiger partial charge in [-0.25, -0.2) is 0 Å². The third-order valence-corrected chi connectivity index (χ3v) is 3.84. The molecule has 2 nitrogen and oxygen atoms in total. The molecule has 98 valence electrons. The molecule has 1 aliphatic rings. The van der Waals surface area contributed by atoms with Crippen LogP contribution in [0.5, 0.6) is 0 Å². The quantitative estimate of drug-likeness (QED) is 0.686. The van der Waals surface area contributed by atoms with Crippen LogP contribution in [0.2, 0.25) is 0 Å². The molecule has 0 saturated heterocycles. The van der Waals surface area contributed by atoms with Gasteiger partial charge in [0.05, 0.1) is 5.54 Å². The zero-order valence-electron chi connectivity index (χ0n) is 12.1. The number of hydrogen-bond donors (Lipinski definition) is 0. The Hall–Kier alpha value is -1.31. The molecule has 0 N–H and O–H groups in total. The molecule has 1 heterocycles. The summed E-state index contributed by atoms with van der Waals surface area (Å²) in [5, 5.41) is 0. The highest BCUT2D eigenvalue weighted by atomic mass is 16.2. The lowest BCUT2D eigenvalue weighted by atomic mass is 9.81. The number of fused-ring (bicyclic) bond motifs is 1. The minimum absolute atomic E-state index is 0.209. The van der Waals surface area contributed by atoms with Crippen molar-refractivity contribution in [2.45, 2.75) is 46.6 Å². The van der Waals surface area contributed by atoms with Crippen LogP contribution < -0.4 is 0 Å². The summed E-state index contributed by atoms with van der Waals surface area (Å²) in [6, 6.07) is 8.47. The summed E-state index contributed by atoms with van der Waals surface area (Å²) >= 11 is 0. The van der Waals surface area contributed by atoms with Crippen LogP contribution in [0.1, 0.15) is 45.7 Å². The number of rotatable bonds is 0. The van der Waals surface area contributed by atoms with Crippen molar-refractivity contribution in [2.75, 3.05) is 6.54 Å². The van der Waals surface area contributed by atoms with E-state index in [1.54, 1.807) is 0 Å². The second kappa shape index (κ2) is 4.11. The van der Waals surface area contributed by atoms with Crippen molar-refractivity contribution >= 4 is 5.91 Å². The molecular weight excluding hydrogens is 222 g/mol. The number of hydrogen-bond acceptors (Lipinski definition) is 1. The number of amides is 1. The predicted molar refractivity (Wildman–Crippen MR) is 74.3 cm³/mol. The summed E-state index contributed by atoms with van der Waals surface area (Å²) in [7, 11) is 0. The summed E-state index contributed by atoms with van der Waals surface area (Å²) in [6.07, 6.45) is 0.960. The minimum Gasteiger partial charge on any atom is -0.333 e. The first kappa shape index (κ1) is 13.1. The number of nitrogens with zero attached hydrogens (tertiary/aromatic N) is 1. The van der Waals surface area contributed by atoms with Crippen LogP contribution in [0, 0.1) is 5.41 Å². The van der Waals surface area contributed by atoms with E-state index < -0.39 is 0 Å². The van der Waals surface area contributed by atoms with Gasteiger partial charge in [0.2, 0.25) is 5.91 Å². The number of carbonyl (C=O) groups is 1. The molecule has 2 heteroatoms.